The van der Waals surface area contributed by atoms with Crippen LogP contribution in [0.5, 0.6) is 0 Å². The molecule has 7 heteroatoms. The lowest BCUT2D eigenvalue weighted by molar-refractivity contribution is 0.0930. The molecule has 1 atom stereocenters. The molecule has 0 saturated heterocycles. The maximum absolute atomic E-state index is 14.1. The second kappa shape index (κ2) is 8.52. The molecule has 0 fully saturated rings. The first-order chi connectivity index (χ1) is 12.6. The van der Waals surface area contributed by atoms with Crippen LogP contribution in [0.3, 0.4) is 0 Å². The number of halogens is 1. The third-order valence-electron chi connectivity index (χ3n) is 4.42. The van der Waals surface area contributed by atoms with Gasteiger partial charge in [-0.3, -0.25) is 9.10 Å². The molecular weight excluding hydrogens is 367 g/mol. The molecule has 0 bridgehead atoms. The number of anilines is 1. The van der Waals surface area contributed by atoms with Gasteiger partial charge in [0.2, 0.25) is 10.0 Å². The van der Waals surface area contributed by atoms with Crippen molar-refractivity contribution in [2.45, 2.75) is 33.4 Å². The maximum Gasteiger partial charge on any atom is 0.251 e. The topological polar surface area (TPSA) is 66.5 Å². The summed E-state index contributed by atoms with van der Waals surface area (Å²) in [6.45, 7) is 5.96. The number of nitrogens with zero attached hydrogens (tertiary/aromatic N) is 1. The van der Waals surface area contributed by atoms with Crippen molar-refractivity contribution in [1.29, 1.82) is 0 Å². The summed E-state index contributed by atoms with van der Waals surface area (Å²) in [5.74, 6) is -0.476. The lowest BCUT2D eigenvalue weighted by atomic mass is 10.1. The molecule has 146 valence electrons. The molecule has 0 spiro atoms. The number of nitrogens with one attached hydrogen (secondary N) is 1. The highest BCUT2D eigenvalue weighted by Gasteiger charge is 2.21. The number of benzene rings is 2. The van der Waals surface area contributed by atoms with Crippen LogP contribution in [0.1, 0.15) is 36.7 Å². The first kappa shape index (κ1) is 20.9. The van der Waals surface area contributed by atoms with E-state index in [2.05, 4.69) is 5.32 Å². The Morgan fingerprint density at radius 2 is 1.67 bits per heavy atom. The molecule has 0 heterocycles. The number of amides is 1. The molecule has 1 N–H and O–H groups in total. The fraction of sp³-hybridized carbons (Fsp3) is 0.350. The smallest absolute Gasteiger partial charge is 0.251 e. The third kappa shape index (κ3) is 5.53. The van der Waals surface area contributed by atoms with Crippen molar-refractivity contribution in [1.82, 2.24) is 5.32 Å². The van der Waals surface area contributed by atoms with Crippen LogP contribution in [-0.2, 0) is 16.6 Å². The van der Waals surface area contributed by atoms with Crippen molar-refractivity contribution >= 4 is 21.6 Å². The van der Waals surface area contributed by atoms with Gasteiger partial charge in [-0.15, -0.1) is 0 Å². The summed E-state index contributed by atoms with van der Waals surface area (Å²) in [6.07, 6.45) is 1.04. The van der Waals surface area contributed by atoms with E-state index < -0.39 is 15.8 Å². The van der Waals surface area contributed by atoms with Gasteiger partial charge in [0.15, 0.2) is 0 Å². The molecule has 5 nitrogen and oxygen atoms in total. The summed E-state index contributed by atoms with van der Waals surface area (Å²) in [7, 11) is -3.68. The van der Waals surface area contributed by atoms with Gasteiger partial charge < -0.3 is 5.32 Å². The average molecular weight is 392 g/mol. The Kier molecular flexibility index (Phi) is 6.59. The highest BCUT2D eigenvalue weighted by molar-refractivity contribution is 7.92. The van der Waals surface area contributed by atoms with Crippen molar-refractivity contribution in [3.05, 3.63) is 65.5 Å². The largest absolute Gasteiger partial charge is 0.349 e. The Morgan fingerprint density at radius 3 is 2.19 bits per heavy atom. The highest BCUT2D eigenvalue weighted by Crippen LogP contribution is 2.23. The summed E-state index contributed by atoms with van der Waals surface area (Å²) >= 11 is 0. The summed E-state index contributed by atoms with van der Waals surface area (Å²) in [4.78, 5) is 12.3. The minimum atomic E-state index is -3.68. The number of sulfonamides is 1. The van der Waals surface area contributed by atoms with Gasteiger partial charge in [0, 0.05) is 11.6 Å². The molecule has 0 unspecified atom stereocenters. The zero-order chi connectivity index (χ0) is 20.2. The number of hydrogen-bond donors (Lipinski definition) is 1. The molecule has 0 aliphatic heterocycles. The van der Waals surface area contributed by atoms with Crippen molar-refractivity contribution < 1.29 is 17.6 Å². The van der Waals surface area contributed by atoms with Gasteiger partial charge in [-0.05, 0) is 42.7 Å². The molecule has 27 heavy (non-hydrogen) atoms. The first-order valence-corrected chi connectivity index (χ1v) is 10.6. The highest BCUT2D eigenvalue weighted by atomic mass is 32.2. The van der Waals surface area contributed by atoms with E-state index in [9.17, 15) is 17.6 Å². The summed E-state index contributed by atoms with van der Waals surface area (Å²) < 4.78 is 39.4. The van der Waals surface area contributed by atoms with Crippen LogP contribution in [-0.4, -0.2) is 26.6 Å². The van der Waals surface area contributed by atoms with Gasteiger partial charge in [0.05, 0.1) is 18.5 Å². The van der Waals surface area contributed by atoms with Crippen LogP contribution in [0, 0.1) is 11.7 Å². The SMILES string of the molecule is CC(C)[C@H](C)NC(=O)c1ccc(CN(c2ccccc2F)S(C)(=O)=O)cc1. The van der Waals surface area contributed by atoms with E-state index in [1.807, 2.05) is 20.8 Å². The van der Waals surface area contributed by atoms with Crippen LogP contribution in [0.2, 0.25) is 0 Å². The molecule has 1 amide bonds. The van der Waals surface area contributed by atoms with Crippen LogP contribution < -0.4 is 9.62 Å². The van der Waals surface area contributed by atoms with Crippen molar-refractivity contribution in [3.8, 4) is 0 Å². The van der Waals surface area contributed by atoms with E-state index in [1.165, 1.54) is 18.2 Å². The average Bonchev–Trinajstić information content (AvgIpc) is 2.60. The lowest BCUT2D eigenvalue weighted by Gasteiger charge is -2.23. The zero-order valence-corrected chi connectivity index (χ0v) is 16.8. The molecule has 0 radical (unpaired) electrons. The van der Waals surface area contributed by atoms with Crippen molar-refractivity contribution in [2.24, 2.45) is 5.92 Å². The van der Waals surface area contributed by atoms with Gasteiger partial charge in [0.25, 0.3) is 5.91 Å². The maximum atomic E-state index is 14.1. The van der Waals surface area contributed by atoms with Crippen LogP contribution >= 0.6 is 0 Å². The second-order valence-electron chi connectivity index (χ2n) is 6.92. The molecule has 2 rings (SSSR count). The van der Waals surface area contributed by atoms with E-state index in [1.54, 1.807) is 30.3 Å². The summed E-state index contributed by atoms with van der Waals surface area (Å²) in [6, 6.07) is 12.4. The lowest BCUT2D eigenvalue weighted by Crippen LogP contribution is -2.36. The third-order valence-corrected chi connectivity index (χ3v) is 5.55. The zero-order valence-electron chi connectivity index (χ0n) is 15.9. The summed E-state index contributed by atoms with van der Waals surface area (Å²) in [5, 5.41) is 2.92. The minimum absolute atomic E-state index is 0.00687. The Bertz CT molecular complexity index is 896. The van der Waals surface area contributed by atoms with Crippen LogP contribution in [0.15, 0.2) is 48.5 Å². The minimum Gasteiger partial charge on any atom is -0.349 e. The summed E-state index contributed by atoms with van der Waals surface area (Å²) in [5.41, 5.74) is 1.13. The Labute approximate surface area is 160 Å². The van der Waals surface area contributed by atoms with Crippen LogP contribution in [0.25, 0.3) is 0 Å². The Morgan fingerprint density at radius 1 is 1.07 bits per heavy atom. The second-order valence-corrected chi connectivity index (χ2v) is 8.83. The fourth-order valence-electron chi connectivity index (χ4n) is 2.42. The molecule has 2 aromatic rings. The normalized spacial score (nSPS) is 12.7. The number of para-hydroxylation sites is 1. The molecule has 0 aliphatic rings. The van der Waals surface area contributed by atoms with Crippen molar-refractivity contribution in [3.63, 3.8) is 0 Å². The van der Waals surface area contributed by atoms with Gasteiger partial charge in [-0.1, -0.05) is 38.1 Å². The first-order valence-electron chi connectivity index (χ1n) is 8.71. The van der Waals surface area contributed by atoms with Crippen LogP contribution in [0.4, 0.5) is 10.1 Å². The molecule has 0 aliphatic carbocycles. The van der Waals surface area contributed by atoms with Gasteiger partial charge in [-0.2, -0.15) is 0 Å². The Hall–Kier alpha value is -2.41. The van der Waals surface area contributed by atoms with Crippen molar-refractivity contribution in [2.75, 3.05) is 10.6 Å². The molecule has 0 aromatic heterocycles. The molecular formula is C20H25FN2O3S. The number of carbonyl (C=O) groups excluding carboxylic acids is 1. The van der Waals surface area contributed by atoms with Gasteiger partial charge in [0.1, 0.15) is 5.82 Å². The van der Waals surface area contributed by atoms with Gasteiger partial charge >= 0.3 is 0 Å². The monoisotopic (exact) mass is 392 g/mol. The predicted octanol–water partition coefficient (Wildman–Crippen LogP) is 3.57. The molecule has 2 aromatic carbocycles. The molecule has 0 saturated carbocycles. The predicted molar refractivity (Wildman–Crippen MR) is 106 cm³/mol. The fourth-order valence-corrected chi connectivity index (χ4v) is 3.31. The van der Waals surface area contributed by atoms with E-state index in [0.717, 1.165) is 10.6 Å². The van der Waals surface area contributed by atoms with E-state index in [-0.39, 0.29) is 24.2 Å². The Balaban J connectivity index is 2.21. The standard InChI is InChI=1S/C20H25FN2O3S/c1-14(2)15(3)22-20(24)17-11-9-16(10-12-17)13-23(27(4,25)26)19-8-6-5-7-18(19)21/h5-12,14-15H,13H2,1-4H3,(H,22,24)/t15-/m0/s1. The van der Waals surface area contributed by atoms with E-state index in [4.69, 9.17) is 0 Å². The van der Waals surface area contributed by atoms with E-state index >= 15 is 0 Å². The number of hydrogen-bond acceptors (Lipinski definition) is 3. The van der Waals surface area contributed by atoms with E-state index in [0.29, 0.717) is 17.0 Å². The quantitative estimate of drug-likeness (QED) is 0.783. The number of carbonyl (C=O) groups is 1. The van der Waals surface area contributed by atoms with Gasteiger partial charge in [-0.25, -0.2) is 12.8 Å². The number of rotatable bonds is 7.